The predicted octanol–water partition coefficient (Wildman–Crippen LogP) is 4.49. The monoisotopic (exact) mass is 467 g/mol. The maximum atomic E-state index is 14.0. The minimum absolute atomic E-state index is 0.00510. The fraction of sp³-hybridized carbons (Fsp3) is 0.917. The van der Waals surface area contributed by atoms with Crippen molar-refractivity contribution in [3.8, 4) is 6.07 Å². The van der Waals surface area contributed by atoms with Gasteiger partial charge in [-0.2, -0.15) is 10.3 Å². The Morgan fingerprint density at radius 3 is 2.03 bits per heavy atom. The van der Waals surface area contributed by atoms with Gasteiger partial charge in [0.15, 0.2) is 0 Å². The van der Waals surface area contributed by atoms with E-state index in [9.17, 15) is 10.1 Å². The van der Waals surface area contributed by atoms with Gasteiger partial charge in [0.1, 0.15) is 11.6 Å². The highest BCUT2D eigenvalue weighted by atomic mass is 28.4. The largest absolute Gasteiger partial charge is 0.383 e. The van der Waals surface area contributed by atoms with Gasteiger partial charge in [0.05, 0.1) is 31.4 Å². The van der Waals surface area contributed by atoms with Gasteiger partial charge in [-0.15, -0.1) is 0 Å². The highest BCUT2D eigenvalue weighted by molar-refractivity contribution is 6.74. The molecule has 0 bridgehead atoms. The first-order valence-corrected chi connectivity index (χ1v) is 15.0. The second-order valence-corrected chi connectivity index (χ2v) is 15.8. The van der Waals surface area contributed by atoms with E-state index in [-0.39, 0.29) is 23.0 Å². The van der Waals surface area contributed by atoms with Crippen LogP contribution in [0.15, 0.2) is 0 Å². The molecule has 0 unspecified atom stereocenters. The van der Waals surface area contributed by atoms with Crippen LogP contribution in [0.4, 0.5) is 0 Å². The Morgan fingerprint density at radius 2 is 1.62 bits per heavy atom. The van der Waals surface area contributed by atoms with Gasteiger partial charge in [0.2, 0.25) is 14.2 Å². The molecule has 1 heterocycles. The SMILES string of the molecule is COC[C@H]1CC[C@H](COC)N1C(=O)[C@H](C)N(O[Si](C)(C)C(C)(C)C)C1(C#N)CCCCC1. The normalized spacial score (nSPS) is 25.1. The van der Waals surface area contributed by atoms with Crippen molar-refractivity contribution in [3.63, 3.8) is 0 Å². The summed E-state index contributed by atoms with van der Waals surface area (Å²) in [6, 6.07) is 2.08. The number of likely N-dealkylation sites (tertiary alicyclic amines) is 1. The zero-order valence-corrected chi connectivity index (χ0v) is 22.6. The van der Waals surface area contributed by atoms with Crippen LogP contribution in [0.1, 0.15) is 72.6 Å². The number of hydrogen-bond acceptors (Lipinski definition) is 6. The molecule has 0 radical (unpaired) electrons. The molecule has 2 rings (SSSR count). The molecular formula is C24H45N3O4Si. The molecule has 0 aromatic heterocycles. The molecule has 0 spiro atoms. The number of methoxy groups -OCH3 is 2. The number of hydrogen-bond donors (Lipinski definition) is 0. The van der Waals surface area contributed by atoms with Crippen molar-refractivity contribution in [2.45, 2.75) is 114 Å². The first-order valence-electron chi connectivity index (χ1n) is 12.1. The van der Waals surface area contributed by atoms with Crippen molar-refractivity contribution in [2.75, 3.05) is 27.4 Å². The predicted molar refractivity (Wildman–Crippen MR) is 128 cm³/mol. The van der Waals surface area contributed by atoms with E-state index in [1.165, 1.54) is 0 Å². The van der Waals surface area contributed by atoms with Gasteiger partial charge in [0, 0.05) is 14.2 Å². The molecule has 0 aromatic carbocycles. The summed E-state index contributed by atoms with van der Waals surface area (Å²) < 4.78 is 17.7. The van der Waals surface area contributed by atoms with Crippen LogP contribution in [0, 0.1) is 11.3 Å². The summed E-state index contributed by atoms with van der Waals surface area (Å²) in [7, 11) is 1.08. The minimum Gasteiger partial charge on any atom is -0.383 e. The smallest absolute Gasteiger partial charge is 0.242 e. The lowest BCUT2D eigenvalue weighted by Crippen LogP contribution is -2.63. The summed E-state index contributed by atoms with van der Waals surface area (Å²) in [5.41, 5.74) is -0.768. The van der Waals surface area contributed by atoms with E-state index in [1.54, 1.807) is 14.2 Å². The molecule has 1 saturated carbocycles. The third kappa shape index (κ3) is 5.74. The highest BCUT2D eigenvalue weighted by Gasteiger charge is 2.51. The van der Waals surface area contributed by atoms with Gasteiger partial charge < -0.3 is 18.9 Å². The van der Waals surface area contributed by atoms with E-state index in [0.717, 1.165) is 44.9 Å². The van der Waals surface area contributed by atoms with Crippen LogP contribution in [0.25, 0.3) is 0 Å². The molecule has 8 heteroatoms. The quantitative estimate of drug-likeness (QED) is 0.367. The molecule has 1 amide bonds. The Morgan fingerprint density at radius 1 is 1.12 bits per heavy atom. The molecular weight excluding hydrogens is 422 g/mol. The molecule has 1 aliphatic heterocycles. The molecule has 7 nitrogen and oxygen atoms in total. The zero-order chi connectivity index (χ0) is 24.2. The van der Waals surface area contributed by atoms with Crippen LogP contribution in [0.5, 0.6) is 0 Å². The number of carbonyl (C=O) groups excluding carboxylic acids is 1. The molecule has 2 aliphatic rings. The highest BCUT2D eigenvalue weighted by Crippen LogP contribution is 2.42. The summed E-state index contributed by atoms with van der Waals surface area (Å²) in [5.74, 6) is 0.00510. The van der Waals surface area contributed by atoms with Gasteiger partial charge in [-0.3, -0.25) is 4.79 Å². The average Bonchev–Trinajstić information content (AvgIpc) is 3.13. The maximum absolute atomic E-state index is 14.0. The van der Waals surface area contributed by atoms with Crippen molar-refractivity contribution in [3.05, 3.63) is 0 Å². The summed E-state index contributed by atoms with van der Waals surface area (Å²) >= 11 is 0. The lowest BCUT2D eigenvalue weighted by atomic mass is 9.82. The minimum atomic E-state index is -2.27. The molecule has 3 atom stereocenters. The Hall–Kier alpha value is -0.983. The maximum Gasteiger partial charge on any atom is 0.242 e. The number of amides is 1. The van der Waals surface area contributed by atoms with Crippen LogP contribution in [-0.2, 0) is 18.8 Å². The number of nitriles is 1. The third-order valence-electron chi connectivity index (χ3n) is 7.75. The first kappa shape index (κ1) is 27.3. The van der Waals surface area contributed by atoms with Gasteiger partial charge in [-0.25, -0.2) is 0 Å². The summed E-state index contributed by atoms with van der Waals surface area (Å²) in [4.78, 5) is 15.9. The van der Waals surface area contributed by atoms with Crippen LogP contribution in [0.3, 0.4) is 0 Å². The fourth-order valence-electron chi connectivity index (χ4n) is 4.79. The second-order valence-electron chi connectivity index (χ2n) is 11.1. The summed E-state index contributed by atoms with van der Waals surface area (Å²) in [6.45, 7) is 13.9. The van der Waals surface area contributed by atoms with Crippen molar-refractivity contribution in [1.29, 1.82) is 5.26 Å². The van der Waals surface area contributed by atoms with Crippen molar-refractivity contribution in [2.24, 2.45) is 0 Å². The standard InChI is InChI=1S/C24H45N3O4Si/c1-19(22(28)26-20(16-29-5)12-13-21(26)17-30-6)27(31-32(7,8)23(2,3)4)24(18-25)14-10-9-11-15-24/h19-21H,9-17H2,1-8H3/t19-,20+,21+/m0/s1. The number of carbonyl (C=O) groups is 1. The lowest BCUT2D eigenvalue weighted by Gasteiger charge is -2.49. The van der Waals surface area contributed by atoms with Gasteiger partial charge in [0.25, 0.3) is 0 Å². The third-order valence-corrected chi connectivity index (χ3v) is 12.0. The molecule has 0 N–H and O–H groups in total. The summed E-state index contributed by atoms with van der Waals surface area (Å²) in [6.07, 6.45) is 6.34. The fourth-order valence-corrected chi connectivity index (χ4v) is 5.89. The van der Waals surface area contributed by atoms with E-state index in [1.807, 2.05) is 16.9 Å². The molecule has 1 saturated heterocycles. The Kier molecular flexibility index (Phi) is 9.34. The number of hydroxylamine groups is 2. The molecule has 1 aliphatic carbocycles. The molecule has 184 valence electrons. The molecule has 2 fully saturated rings. The van der Waals surface area contributed by atoms with Crippen LogP contribution in [-0.4, -0.2) is 75.3 Å². The zero-order valence-electron chi connectivity index (χ0n) is 21.6. The number of rotatable bonds is 9. The Labute approximate surface area is 196 Å². The van der Waals surface area contributed by atoms with E-state index in [2.05, 4.69) is 39.9 Å². The second kappa shape index (κ2) is 11.0. The summed E-state index contributed by atoms with van der Waals surface area (Å²) in [5, 5.41) is 12.2. The van der Waals surface area contributed by atoms with Gasteiger partial charge in [-0.05, 0) is 50.7 Å². The average molecular weight is 468 g/mol. The van der Waals surface area contributed by atoms with Gasteiger partial charge >= 0.3 is 0 Å². The Bertz CT molecular complexity index is 653. The number of ether oxygens (including phenoxy) is 2. The van der Waals surface area contributed by atoms with Crippen molar-refractivity contribution in [1.82, 2.24) is 9.96 Å². The lowest BCUT2D eigenvalue weighted by molar-refractivity contribution is -0.189. The van der Waals surface area contributed by atoms with E-state index < -0.39 is 19.9 Å². The van der Waals surface area contributed by atoms with E-state index in [4.69, 9.17) is 14.0 Å². The van der Waals surface area contributed by atoms with Crippen LogP contribution >= 0.6 is 0 Å². The van der Waals surface area contributed by atoms with Crippen LogP contribution in [0.2, 0.25) is 18.1 Å². The Balaban J connectivity index is 2.42. The topological polar surface area (TPSA) is 75.0 Å². The van der Waals surface area contributed by atoms with Crippen molar-refractivity contribution < 1.29 is 18.8 Å². The van der Waals surface area contributed by atoms with Crippen LogP contribution < -0.4 is 0 Å². The first-order chi connectivity index (χ1) is 14.9. The van der Waals surface area contributed by atoms with Gasteiger partial charge in [-0.1, -0.05) is 40.0 Å². The molecule has 32 heavy (non-hydrogen) atoms. The van der Waals surface area contributed by atoms with Crippen molar-refractivity contribution >= 4 is 14.2 Å². The number of nitrogens with zero attached hydrogens (tertiary/aromatic N) is 3. The van der Waals surface area contributed by atoms with E-state index in [0.29, 0.717) is 13.2 Å². The van der Waals surface area contributed by atoms with E-state index >= 15 is 0 Å². The molecule has 0 aromatic rings.